The molecule has 3 fully saturated rings. The molecule has 218 valence electrons. The van der Waals surface area contributed by atoms with E-state index in [0.717, 1.165) is 87.9 Å². The van der Waals surface area contributed by atoms with Crippen molar-refractivity contribution in [3.8, 4) is 0 Å². The number of piperidine rings is 1. The van der Waals surface area contributed by atoms with Crippen LogP contribution in [-0.2, 0) is 6.54 Å². The summed E-state index contributed by atoms with van der Waals surface area (Å²) in [6.45, 7) is 7.70. The number of anilines is 2. The highest BCUT2D eigenvalue weighted by Gasteiger charge is 2.33. The minimum Gasteiger partial charge on any atom is -0.475 e. The maximum Gasteiger partial charge on any atom is 0.374 e. The average Bonchev–Trinajstić information content (AvgIpc) is 3.30. The summed E-state index contributed by atoms with van der Waals surface area (Å²) in [5, 5.41) is 13.5. The quantitative estimate of drug-likeness (QED) is 0.272. The number of aromatic nitrogens is 4. The van der Waals surface area contributed by atoms with Gasteiger partial charge in [-0.15, -0.1) is 6.58 Å². The average molecular weight is 561 g/mol. The van der Waals surface area contributed by atoms with Crippen LogP contribution in [0.3, 0.4) is 0 Å². The highest BCUT2D eigenvalue weighted by atomic mass is 19.1. The topological polar surface area (TPSA) is 96.2 Å². The van der Waals surface area contributed by atoms with Crippen LogP contribution in [0.15, 0.2) is 36.9 Å². The standard InChI is InChI=1S/C32H41FN6O2/c1-3-21-13-15-22(16-14-21)19-39-27-28(34-20(2)23-8-6-9-23)35-30(31(40)41)36-29(27)37-32(39)38-17-5-4-12-26(38)24-10-7-11-25(33)18-24/h3,7,10-11,18,20-23,26H,1,4-6,8-9,12-17,19H2,2H3,(H,40,41)(H,34,35,36)/t20-,21-,22-,26?/m1/s1. The van der Waals surface area contributed by atoms with E-state index in [4.69, 9.17) is 4.98 Å². The van der Waals surface area contributed by atoms with Gasteiger partial charge in [0, 0.05) is 19.1 Å². The molecule has 2 saturated carbocycles. The van der Waals surface area contributed by atoms with E-state index in [1.807, 2.05) is 6.07 Å². The molecular weight excluding hydrogens is 519 g/mol. The Morgan fingerprint density at radius 3 is 2.61 bits per heavy atom. The SMILES string of the molecule is C=C[C@H]1CC[C@H](Cn2c(N3CCCCC3c3cccc(F)c3)nc3nc(C(=O)O)nc(N[C@H](C)C4CCC4)c32)CC1. The Bertz CT molecular complexity index is 1410. The minimum atomic E-state index is -1.17. The number of nitrogens with one attached hydrogen (secondary N) is 1. The molecule has 3 aromatic rings. The lowest BCUT2D eigenvalue weighted by atomic mass is 9.80. The first-order valence-electron chi connectivity index (χ1n) is 15.3. The second-order valence-electron chi connectivity index (χ2n) is 12.3. The molecule has 3 heterocycles. The molecule has 0 amide bonds. The molecule has 3 aliphatic rings. The Kier molecular flexibility index (Phi) is 7.95. The third kappa shape index (κ3) is 5.68. The fraction of sp³-hybridized carbons (Fsp3) is 0.562. The van der Waals surface area contributed by atoms with Gasteiger partial charge in [-0.25, -0.2) is 19.2 Å². The molecule has 1 aliphatic heterocycles. The molecule has 0 bridgehead atoms. The zero-order chi connectivity index (χ0) is 28.5. The predicted octanol–water partition coefficient (Wildman–Crippen LogP) is 6.99. The van der Waals surface area contributed by atoms with Gasteiger partial charge in [0.2, 0.25) is 11.8 Å². The fourth-order valence-electron chi connectivity index (χ4n) is 6.98. The molecule has 2 atom stereocenters. The molecule has 1 unspecified atom stereocenters. The zero-order valence-corrected chi connectivity index (χ0v) is 23.9. The molecule has 8 nitrogen and oxygen atoms in total. The number of nitrogens with zero attached hydrogens (tertiary/aromatic N) is 5. The van der Waals surface area contributed by atoms with Crippen molar-refractivity contribution in [1.82, 2.24) is 19.5 Å². The Morgan fingerprint density at radius 2 is 1.93 bits per heavy atom. The number of carboxylic acids is 1. The van der Waals surface area contributed by atoms with Crippen molar-refractivity contribution < 1.29 is 14.3 Å². The van der Waals surface area contributed by atoms with E-state index in [-0.39, 0.29) is 23.7 Å². The highest BCUT2D eigenvalue weighted by Crippen LogP contribution is 2.40. The highest BCUT2D eigenvalue weighted by molar-refractivity contribution is 5.91. The third-order valence-electron chi connectivity index (χ3n) is 9.65. The maximum atomic E-state index is 14.3. The van der Waals surface area contributed by atoms with E-state index in [2.05, 4.69) is 44.3 Å². The van der Waals surface area contributed by atoms with Crippen molar-refractivity contribution in [3.63, 3.8) is 0 Å². The summed E-state index contributed by atoms with van der Waals surface area (Å²) in [4.78, 5) is 28.4. The predicted molar refractivity (Wildman–Crippen MR) is 159 cm³/mol. The van der Waals surface area contributed by atoms with Crippen LogP contribution in [0.25, 0.3) is 11.2 Å². The van der Waals surface area contributed by atoms with Gasteiger partial charge in [0.15, 0.2) is 11.5 Å². The fourth-order valence-corrected chi connectivity index (χ4v) is 6.98. The van der Waals surface area contributed by atoms with E-state index in [9.17, 15) is 14.3 Å². The lowest BCUT2D eigenvalue weighted by molar-refractivity contribution is 0.0684. The van der Waals surface area contributed by atoms with Gasteiger partial charge in [0.1, 0.15) is 11.3 Å². The largest absolute Gasteiger partial charge is 0.475 e. The number of rotatable bonds is 9. The van der Waals surface area contributed by atoms with E-state index >= 15 is 0 Å². The molecule has 0 radical (unpaired) electrons. The summed E-state index contributed by atoms with van der Waals surface area (Å²) in [6.07, 6.45) is 13.0. The number of halogens is 1. The third-order valence-corrected chi connectivity index (χ3v) is 9.65. The number of benzene rings is 1. The van der Waals surface area contributed by atoms with Crippen LogP contribution in [0.5, 0.6) is 0 Å². The van der Waals surface area contributed by atoms with E-state index in [1.54, 1.807) is 12.1 Å². The van der Waals surface area contributed by atoms with Crippen LogP contribution in [0.1, 0.15) is 93.4 Å². The van der Waals surface area contributed by atoms with Crippen LogP contribution in [0, 0.1) is 23.6 Å². The van der Waals surface area contributed by atoms with E-state index in [0.29, 0.717) is 29.2 Å². The summed E-state index contributed by atoms with van der Waals surface area (Å²) in [6, 6.07) is 7.01. The summed E-state index contributed by atoms with van der Waals surface area (Å²) in [5.41, 5.74) is 2.11. The van der Waals surface area contributed by atoms with Crippen LogP contribution in [0.2, 0.25) is 0 Å². The van der Waals surface area contributed by atoms with E-state index < -0.39 is 5.97 Å². The Hall–Kier alpha value is -3.49. The number of hydrogen-bond donors (Lipinski definition) is 2. The van der Waals surface area contributed by atoms with Gasteiger partial charge >= 0.3 is 5.97 Å². The van der Waals surface area contributed by atoms with Crippen LogP contribution >= 0.6 is 0 Å². The number of carbonyl (C=O) groups is 1. The Balaban J connectivity index is 1.47. The number of imidazole rings is 1. The monoisotopic (exact) mass is 560 g/mol. The Morgan fingerprint density at radius 1 is 1.12 bits per heavy atom. The van der Waals surface area contributed by atoms with Gasteiger partial charge in [0.05, 0.1) is 6.04 Å². The van der Waals surface area contributed by atoms with Gasteiger partial charge in [-0.2, -0.15) is 4.98 Å². The lowest BCUT2D eigenvalue weighted by Crippen LogP contribution is -2.36. The molecule has 1 aromatic carbocycles. The molecule has 6 rings (SSSR count). The van der Waals surface area contributed by atoms with Crippen molar-refractivity contribution in [1.29, 1.82) is 0 Å². The van der Waals surface area contributed by atoms with Gasteiger partial charge in [-0.3, -0.25) is 0 Å². The number of carboxylic acid groups (broad SMARTS) is 1. The van der Waals surface area contributed by atoms with Gasteiger partial charge in [0.25, 0.3) is 0 Å². The van der Waals surface area contributed by atoms with Crippen molar-refractivity contribution in [2.24, 2.45) is 17.8 Å². The molecule has 2 aromatic heterocycles. The Labute approximate surface area is 241 Å². The summed E-state index contributed by atoms with van der Waals surface area (Å²) in [7, 11) is 0. The number of allylic oxidation sites excluding steroid dienone is 1. The molecule has 2 aliphatic carbocycles. The summed E-state index contributed by atoms with van der Waals surface area (Å²) in [5.74, 6) is 1.22. The molecule has 2 N–H and O–H groups in total. The number of aromatic carboxylic acids is 1. The minimum absolute atomic E-state index is 0.0243. The first-order chi connectivity index (χ1) is 19.9. The van der Waals surface area contributed by atoms with Crippen molar-refractivity contribution >= 4 is 28.9 Å². The maximum absolute atomic E-state index is 14.3. The normalized spacial score (nSPS) is 24.1. The van der Waals surface area contributed by atoms with Crippen LogP contribution in [0.4, 0.5) is 16.2 Å². The molecule has 41 heavy (non-hydrogen) atoms. The van der Waals surface area contributed by atoms with Gasteiger partial charge in [-0.05, 0) is 100 Å². The first kappa shape index (κ1) is 27.7. The summed E-state index contributed by atoms with van der Waals surface area (Å²) >= 11 is 0. The second kappa shape index (κ2) is 11.8. The van der Waals surface area contributed by atoms with Crippen LogP contribution < -0.4 is 10.2 Å². The van der Waals surface area contributed by atoms with E-state index in [1.165, 1.54) is 12.5 Å². The molecule has 9 heteroatoms. The van der Waals surface area contributed by atoms with Crippen molar-refractivity contribution in [2.75, 3.05) is 16.8 Å². The summed E-state index contributed by atoms with van der Waals surface area (Å²) < 4.78 is 16.6. The van der Waals surface area contributed by atoms with Crippen molar-refractivity contribution in [3.05, 3.63) is 54.1 Å². The second-order valence-corrected chi connectivity index (χ2v) is 12.3. The zero-order valence-electron chi connectivity index (χ0n) is 23.9. The van der Waals surface area contributed by atoms with Crippen LogP contribution in [-0.4, -0.2) is 43.2 Å². The van der Waals surface area contributed by atoms with Gasteiger partial charge in [-0.1, -0.05) is 24.6 Å². The number of fused-ring (bicyclic) bond motifs is 1. The lowest BCUT2D eigenvalue weighted by Gasteiger charge is -2.38. The molecule has 0 spiro atoms. The van der Waals surface area contributed by atoms with Crippen molar-refractivity contribution in [2.45, 2.75) is 89.8 Å². The molecule has 1 saturated heterocycles. The smallest absolute Gasteiger partial charge is 0.374 e. The molecular formula is C32H41FN6O2. The first-order valence-corrected chi connectivity index (χ1v) is 15.3. The number of hydrogen-bond acceptors (Lipinski definition) is 6. The van der Waals surface area contributed by atoms with Gasteiger partial charge < -0.3 is 19.9 Å².